The van der Waals surface area contributed by atoms with E-state index in [-0.39, 0.29) is 6.42 Å². The largest absolute Gasteiger partial charge is 0.494 e. The van der Waals surface area contributed by atoms with Crippen molar-refractivity contribution in [3.8, 4) is 5.75 Å². The van der Waals surface area contributed by atoms with E-state index < -0.39 is 5.97 Å². The van der Waals surface area contributed by atoms with Crippen LogP contribution in [0.3, 0.4) is 0 Å². The highest BCUT2D eigenvalue weighted by atomic mass is 16.5. The van der Waals surface area contributed by atoms with Gasteiger partial charge in [-0.15, -0.1) is 0 Å². The van der Waals surface area contributed by atoms with Gasteiger partial charge in [-0.05, 0) is 41.8 Å². The van der Waals surface area contributed by atoms with Gasteiger partial charge in [-0.3, -0.25) is 4.79 Å². The molecule has 0 radical (unpaired) electrons. The average Bonchev–Trinajstić information content (AvgIpc) is 2.35. The molecule has 0 fully saturated rings. The number of benzene rings is 2. The Kier molecular flexibility index (Phi) is 3.82. The molecule has 2 rings (SSSR count). The van der Waals surface area contributed by atoms with Gasteiger partial charge in [-0.2, -0.15) is 0 Å². The van der Waals surface area contributed by atoms with Crippen LogP contribution < -0.4 is 4.74 Å². The maximum atomic E-state index is 10.4. The van der Waals surface area contributed by atoms with Crippen LogP contribution in [0, 0.1) is 6.92 Å². The van der Waals surface area contributed by atoms with Crippen LogP contribution in [0.25, 0.3) is 10.8 Å². The fourth-order valence-electron chi connectivity index (χ4n) is 1.93. The van der Waals surface area contributed by atoms with Gasteiger partial charge in [0.05, 0.1) is 6.61 Å². The normalized spacial score (nSPS) is 10.5. The van der Waals surface area contributed by atoms with Crippen molar-refractivity contribution in [2.24, 2.45) is 0 Å². The second kappa shape index (κ2) is 5.54. The van der Waals surface area contributed by atoms with Gasteiger partial charge in [-0.1, -0.05) is 24.3 Å². The van der Waals surface area contributed by atoms with Gasteiger partial charge in [0.25, 0.3) is 0 Å². The Morgan fingerprint density at radius 1 is 1.28 bits per heavy atom. The number of hydrogen-bond acceptors (Lipinski definition) is 2. The SMILES string of the molecule is Cc1cccc2cc(OCCCC(=O)O)ccc12. The molecule has 2 aromatic carbocycles. The van der Waals surface area contributed by atoms with E-state index in [1.807, 2.05) is 30.3 Å². The van der Waals surface area contributed by atoms with Crippen LogP contribution in [0.15, 0.2) is 36.4 Å². The molecule has 0 aromatic heterocycles. The van der Waals surface area contributed by atoms with E-state index in [1.165, 1.54) is 10.9 Å². The van der Waals surface area contributed by atoms with Crippen LogP contribution in [-0.2, 0) is 4.79 Å². The minimum absolute atomic E-state index is 0.146. The monoisotopic (exact) mass is 244 g/mol. The van der Waals surface area contributed by atoms with Crippen LogP contribution in [0.2, 0.25) is 0 Å². The Labute approximate surface area is 106 Å². The Balaban J connectivity index is 2.04. The standard InChI is InChI=1S/C15H16O3/c1-11-4-2-5-12-10-13(7-8-14(11)12)18-9-3-6-15(16)17/h2,4-5,7-8,10H,3,6,9H2,1H3,(H,16,17). The summed E-state index contributed by atoms with van der Waals surface area (Å²) in [5.74, 6) is 0.00576. The quantitative estimate of drug-likeness (QED) is 0.820. The molecule has 0 saturated carbocycles. The minimum atomic E-state index is -0.785. The van der Waals surface area contributed by atoms with Crippen LogP contribution in [0.5, 0.6) is 5.75 Å². The van der Waals surface area contributed by atoms with E-state index in [4.69, 9.17) is 9.84 Å². The van der Waals surface area contributed by atoms with Gasteiger partial charge in [0, 0.05) is 6.42 Å². The molecule has 1 N–H and O–H groups in total. The highest BCUT2D eigenvalue weighted by Crippen LogP contribution is 2.23. The van der Waals surface area contributed by atoms with Crippen molar-refractivity contribution in [1.82, 2.24) is 0 Å². The zero-order valence-electron chi connectivity index (χ0n) is 10.3. The maximum absolute atomic E-state index is 10.4. The third-order valence-corrected chi connectivity index (χ3v) is 2.87. The van der Waals surface area contributed by atoms with Crippen molar-refractivity contribution in [3.05, 3.63) is 42.0 Å². The predicted molar refractivity (Wildman–Crippen MR) is 71.0 cm³/mol. The van der Waals surface area contributed by atoms with E-state index in [0.717, 1.165) is 11.1 Å². The lowest BCUT2D eigenvalue weighted by atomic mass is 10.1. The van der Waals surface area contributed by atoms with Gasteiger partial charge in [0.2, 0.25) is 0 Å². The topological polar surface area (TPSA) is 46.5 Å². The summed E-state index contributed by atoms with van der Waals surface area (Å²) < 4.78 is 5.54. The number of rotatable bonds is 5. The minimum Gasteiger partial charge on any atom is -0.494 e. The second-order valence-corrected chi connectivity index (χ2v) is 4.30. The van der Waals surface area contributed by atoms with E-state index in [0.29, 0.717) is 13.0 Å². The van der Waals surface area contributed by atoms with Crippen molar-refractivity contribution in [2.75, 3.05) is 6.61 Å². The number of aryl methyl sites for hydroxylation is 1. The van der Waals surface area contributed by atoms with Crippen molar-refractivity contribution in [2.45, 2.75) is 19.8 Å². The van der Waals surface area contributed by atoms with Crippen LogP contribution >= 0.6 is 0 Å². The maximum Gasteiger partial charge on any atom is 0.303 e. The number of hydrogen-bond donors (Lipinski definition) is 1. The second-order valence-electron chi connectivity index (χ2n) is 4.30. The molecule has 3 heteroatoms. The molecule has 2 aromatic rings. The lowest BCUT2D eigenvalue weighted by Crippen LogP contribution is -2.01. The summed E-state index contributed by atoms with van der Waals surface area (Å²) >= 11 is 0. The fourth-order valence-corrected chi connectivity index (χ4v) is 1.93. The molecule has 0 aliphatic rings. The molecule has 0 heterocycles. The summed E-state index contributed by atoms with van der Waals surface area (Å²) in [6.45, 7) is 2.51. The summed E-state index contributed by atoms with van der Waals surface area (Å²) in [5, 5.41) is 10.9. The molecule has 0 aliphatic heterocycles. The Bertz CT molecular complexity index is 561. The number of ether oxygens (including phenoxy) is 1. The lowest BCUT2D eigenvalue weighted by molar-refractivity contribution is -0.137. The molecular formula is C15H16O3. The first kappa shape index (κ1) is 12.4. The highest BCUT2D eigenvalue weighted by molar-refractivity contribution is 5.86. The highest BCUT2D eigenvalue weighted by Gasteiger charge is 2.01. The molecule has 0 unspecified atom stereocenters. The van der Waals surface area contributed by atoms with Crippen molar-refractivity contribution < 1.29 is 14.6 Å². The van der Waals surface area contributed by atoms with E-state index in [9.17, 15) is 4.79 Å². The third-order valence-electron chi connectivity index (χ3n) is 2.87. The zero-order chi connectivity index (χ0) is 13.0. The van der Waals surface area contributed by atoms with Crippen LogP contribution in [0.4, 0.5) is 0 Å². The summed E-state index contributed by atoms with van der Waals surface area (Å²) in [7, 11) is 0. The molecule has 0 bridgehead atoms. The zero-order valence-corrected chi connectivity index (χ0v) is 10.3. The molecule has 94 valence electrons. The van der Waals surface area contributed by atoms with E-state index >= 15 is 0 Å². The number of fused-ring (bicyclic) bond motifs is 1. The first-order chi connectivity index (χ1) is 8.66. The molecule has 0 amide bonds. The lowest BCUT2D eigenvalue weighted by Gasteiger charge is -2.07. The summed E-state index contributed by atoms with van der Waals surface area (Å²) in [4.78, 5) is 10.4. The molecule has 0 aliphatic carbocycles. The van der Waals surface area contributed by atoms with Crippen molar-refractivity contribution >= 4 is 16.7 Å². The third kappa shape index (κ3) is 3.00. The summed E-state index contributed by atoms with van der Waals surface area (Å²) in [5.41, 5.74) is 1.24. The predicted octanol–water partition coefficient (Wildman–Crippen LogP) is 3.39. The fraction of sp³-hybridized carbons (Fsp3) is 0.267. The van der Waals surface area contributed by atoms with Crippen LogP contribution in [0.1, 0.15) is 18.4 Å². The number of carboxylic acid groups (broad SMARTS) is 1. The Morgan fingerprint density at radius 2 is 2.11 bits per heavy atom. The molecular weight excluding hydrogens is 228 g/mol. The number of carbonyl (C=O) groups is 1. The molecule has 0 saturated heterocycles. The Hall–Kier alpha value is -2.03. The van der Waals surface area contributed by atoms with Gasteiger partial charge >= 0.3 is 5.97 Å². The van der Waals surface area contributed by atoms with Gasteiger partial charge in [-0.25, -0.2) is 0 Å². The molecule has 3 nitrogen and oxygen atoms in total. The Morgan fingerprint density at radius 3 is 2.89 bits per heavy atom. The summed E-state index contributed by atoms with van der Waals surface area (Å²) in [6.07, 6.45) is 0.674. The first-order valence-corrected chi connectivity index (χ1v) is 6.01. The average molecular weight is 244 g/mol. The van der Waals surface area contributed by atoms with Gasteiger partial charge in [0.1, 0.15) is 5.75 Å². The molecule has 0 atom stereocenters. The van der Waals surface area contributed by atoms with Crippen molar-refractivity contribution in [3.63, 3.8) is 0 Å². The van der Waals surface area contributed by atoms with Gasteiger partial charge in [0.15, 0.2) is 0 Å². The molecule has 18 heavy (non-hydrogen) atoms. The number of carboxylic acids is 1. The smallest absolute Gasteiger partial charge is 0.303 e. The van der Waals surface area contributed by atoms with E-state index in [2.05, 4.69) is 13.0 Å². The first-order valence-electron chi connectivity index (χ1n) is 6.01. The number of aliphatic carboxylic acids is 1. The summed E-state index contributed by atoms with van der Waals surface area (Å²) in [6, 6.07) is 12.1. The van der Waals surface area contributed by atoms with Crippen LogP contribution in [-0.4, -0.2) is 17.7 Å². The van der Waals surface area contributed by atoms with Gasteiger partial charge < -0.3 is 9.84 Å². The molecule has 0 spiro atoms. The van der Waals surface area contributed by atoms with Crippen molar-refractivity contribution in [1.29, 1.82) is 0 Å². The van der Waals surface area contributed by atoms with E-state index in [1.54, 1.807) is 0 Å².